The van der Waals surface area contributed by atoms with E-state index in [4.69, 9.17) is 16.9 Å². The number of nitrogens with one attached hydrogen (secondary N) is 1. The van der Waals surface area contributed by atoms with Crippen molar-refractivity contribution in [3.05, 3.63) is 81.6 Å². The second kappa shape index (κ2) is 7.79. The Morgan fingerprint density at radius 1 is 0.893 bits per heavy atom. The Hall–Kier alpha value is -3.23. The molecule has 4 rings (SSSR count). The second-order valence-corrected chi connectivity index (χ2v) is 7.16. The van der Waals surface area contributed by atoms with E-state index in [9.17, 15) is 4.79 Å². The van der Waals surface area contributed by atoms with Gasteiger partial charge in [0.2, 0.25) is 0 Å². The van der Waals surface area contributed by atoms with Crippen molar-refractivity contribution in [2.45, 2.75) is 0 Å². The van der Waals surface area contributed by atoms with E-state index in [2.05, 4.69) is 33.0 Å². The molecule has 1 N–H and O–H groups in total. The molecule has 1 fully saturated rings. The van der Waals surface area contributed by atoms with Crippen LogP contribution in [0.1, 0.15) is 5.56 Å². The summed E-state index contributed by atoms with van der Waals surface area (Å²) in [7, 11) is 0. The van der Waals surface area contributed by atoms with E-state index in [0.29, 0.717) is 5.69 Å². The maximum Gasteiger partial charge on any atom is 0.266 e. The first kappa shape index (κ1) is 18.1. The molecule has 0 bridgehead atoms. The molecule has 0 saturated carbocycles. The predicted molar refractivity (Wildman–Crippen MR) is 113 cm³/mol. The zero-order valence-corrected chi connectivity index (χ0v) is 16.0. The predicted octanol–water partition coefficient (Wildman–Crippen LogP) is 3.89. The van der Waals surface area contributed by atoms with Crippen molar-refractivity contribution in [1.29, 1.82) is 5.26 Å². The molecule has 6 heteroatoms. The Bertz CT molecular complexity index is 1080. The highest BCUT2D eigenvalue weighted by Gasteiger charge is 2.17. The first-order chi connectivity index (χ1) is 13.6. The molecule has 140 valence electrons. The molecule has 3 aromatic rings. The third-order valence-electron chi connectivity index (χ3n) is 5.03. The lowest BCUT2D eigenvalue weighted by molar-refractivity contribution is 0.653. The highest BCUT2D eigenvalue weighted by Crippen LogP contribution is 2.25. The summed E-state index contributed by atoms with van der Waals surface area (Å²) in [4.78, 5) is 19.3. The monoisotopic (exact) mass is 390 g/mol. The lowest BCUT2D eigenvalue weighted by Crippen LogP contribution is -2.46. The third kappa shape index (κ3) is 3.73. The molecular weight excluding hydrogens is 372 g/mol. The fraction of sp³-hybridized carbons (Fsp3) is 0.182. The second-order valence-electron chi connectivity index (χ2n) is 6.73. The number of aromatic amines is 1. The van der Waals surface area contributed by atoms with Gasteiger partial charge >= 0.3 is 0 Å². The molecule has 0 atom stereocenters. The first-order valence-electron chi connectivity index (χ1n) is 9.13. The van der Waals surface area contributed by atoms with Crippen LogP contribution in [-0.2, 0) is 0 Å². The number of piperazine rings is 1. The number of H-pyrrole nitrogens is 1. The molecule has 5 nitrogen and oxygen atoms in total. The van der Waals surface area contributed by atoms with Crippen LogP contribution in [0, 0.1) is 11.3 Å². The van der Waals surface area contributed by atoms with Crippen LogP contribution in [0.15, 0.2) is 65.5 Å². The summed E-state index contributed by atoms with van der Waals surface area (Å²) in [5, 5.41) is 9.64. The smallest absolute Gasteiger partial charge is 0.266 e. The van der Waals surface area contributed by atoms with E-state index in [-0.39, 0.29) is 11.1 Å². The maximum atomic E-state index is 11.8. The molecular formula is C22H19ClN4O. The van der Waals surface area contributed by atoms with E-state index in [0.717, 1.165) is 48.1 Å². The summed E-state index contributed by atoms with van der Waals surface area (Å²) in [5.74, 6) is 0. The van der Waals surface area contributed by atoms with Crippen LogP contribution in [0.2, 0.25) is 5.02 Å². The molecule has 1 aliphatic heterocycles. The average molecular weight is 391 g/mol. The van der Waals surface area contributed by atoms with Gasteiger partial charge in [0.25, 0.3) is 5.56 Å². The topological polar surface area (TPSA) is 63.1 Å². The maximum absolute atomic E-state index is 11.8. The number of nitriles is 1. The van der Waals surface area contributed by atoms with Gasteiger partial charge in [0.15, 0.2) is 0 Å². The Kier molecular flexibility index (Phi) is 5.05. The van der Waals surface area contributed by atoms with Crippen LogP contribution >= 0.6 is 11.6 Å². The molecule has 1 saturated heterocycles. The number of hydrogen-bond donors (Lipinski definition) is 1. The van der Waals surface area contributed by atoms with Crippen molar-refractivity contribution in [2.24, 2.45) is 0 Å². The minimum Gasteiger partial charge on any atom is -0.368 e. The average Bonchev–Trinajstić information content (AvgIpc) is 2.74. The number of benzene rings is 2. The van der Waals surface area contributed by atoms with Crippen molar-refractivity contribution in [3.63, 3.8) is 0 Å². The van der Waals surface area contributed by atoms with Crippen molar-refractivity contribution in [1.82, 2.24) is 4.98 Å². The fourth-order valence-corrected chi connectivity index (χ4v) is 3.66. The summed E-state index contributed by atoms with van der Waals surface area (Å²) in [5.41, 5.74) is 3.71. The van der Waals surface area contributed by atoms with Crippen LogP contribution in [0.5, 0.6) is 0 Å². The molecule has 1 aromatic heterocycles. The number of nitrogens with zero attached hydrogens (tertiary/aromatic N) is 3. The van der Waals surface area contributed by atoms with Gasteiger partial charge < -0.3 is 14.8 Å². The minimum atomic E-state index is -0.360. The van der Waals surface area contributed by atoms with E-state index in [1.165, 1.54) is 0 Å². The standard InChI is InChI=1S/C22H19ClN4O/c23-18-2-1-3-20(14-18)27-12-10-26(11-13-27)19-7-4-16(5-8-19)21-9-6-17(15-24)22(28)25-21/h1-9,14H,10-13H2,(H,25,28). The molecule has 0 aliphatic carbocycles. The van der Waals surface area contributed by atoms with Crippen molar-refractivity contribution < 1.29 is 0 Å². The van der Waals surface area contributed by atoms with E-state index in [1.807, 2.05) is 36.4 Å². The van der Waals surface area contributed by atoms with Gasteiger partial charge in [-0.1, -0.05) is 29.8 Å². The highest BCUT2D eigenvalue weighted by atomic mass is 35.5. The van der Waals surface area contributed by atoms with Crippen LogP contribution in [0.3, 0.4) is 0 Å². The van der Waals surface area contributed by atoms with Crippen LogP contribution < -0.4 is 15.4 Å². The van der Waals surface area contributed by atoms with Gasteiger partial charge in [0, 0.05) is 48.3 Å². The number of aromatic nitrogens is 1. The number of anilines is 2. The number of hydrogen-bond acceptors (Lipinski definition) is 4. The van der Waals surface area contributed by atoms with Gasteiger partial charge in [0.1, 0.15) is 11.6 Å². The highest BCUT2D eigenvalue weighted by molar-refractivity contribution is 6.30. The Balaban J connectivity index is 1.44. The zero-order valence-electron chi connectivity index (χ0n) is 15.2. The molecule has 0 radical (unpaired) electrons. The summed E-state index contributed by atoms with van der Waals surface area (Å²) < 4.78 is 0. The normalized spacial score (nSPS) is 14.0. The van der Waals surface area contributed by atoms with Gasteiger partial charge in [0.05, 0.1) is 0 Å². The number of pyridine rings is 1. The number of halogens is 1. The van der Waals surface area contributed by atoms with Gasteiger partial charge in [-0.05, 0) is 48.0 Å². The summed E-state index contributed by atoms with van der Waals surface area (Å²) in [6.07, 6.45) is 0. The van der Waals surface area contributed by atoms with E-state index >= 15 is 0 Å². The molecule has 0 unspecified atom stereocenters. The van der Waals surface area contributed by atoms with Gasteiger partial charge in [-0.15, -0.1) is 0 Å². The van der Waals surface area contributed by atoms with Crippen LogP contribution in [0.25, 0.3) is 11.3 Å². The largest absolute Gasteiger partial charge is 0.368 e. The zero-order chi connectivity index (χ0) is 19.5. The van der Waals surface area contributed by atoms with Crippen molar-refractivity contribution >= 4 is 23.0 Å². The lowest BCUT2D eigenvalue weighted by atomic mass is 10.1. The molecule has 2 aromatic carbocycles. The Morgan fingerprint density at radius 2 is 1.57 bits per heavy atom. The van der Waals surface area contributed by atoms with Gasteiger partial charge in [-0.2, -0.15) is 5.26 Å². The van der Waals surface area contributed by atoms with Gasteiger partial charge in [-0.25, -0.2) is 0 Å². The van der Waals surface area contributed by atoms with E-state index in [1.54, 1.807) is 12.1 Å². The number of rotatable bonds is 3. The summed E-state index contributed by atoms with van der Waals surface area (Å²) in [6.45, 7) is 3.73. The van der Waals surface area contributed by atoms with Crippen LogP contribution in [-0.4, -0.2) is 31.2 Å². The first-order valence-corrected chi connectivity index (χ1v) is 9.51. The molecule has 28 heavy (non-hydrogen) atoms. The van der Waals surface area contributed by atoms with Gasteiger partial charge in [-0.3, -0.25) is 4.79 Å². The van der Waals surface area contributed by atoms with E-state index < -0.39 is 0 Å². The fourth-order valence-electron chi connectivity index (χ4n) is 3.48. The van der Waals surface area contributed by atoms with Crippen LogP contribution in [0.4, 0.5) is 11.4 Å². The molecule has 0 spiro atoms. The molecule has 0 amide bonds. The minimum absolute atomic E-state index is 0.123. The Labute approximate surface area is 168 Å². The van der Waals surface area contributed by atoms with Crippen molar-refractivity contribution in [3.8, 4) is 17.3 Å². The molecule has 1 aliphatic rings. The van der Waals surface area contributed by atoms with Crippen molar-refractivity contribution in [2.75, 3.05) is 36.0 Å². The Morgan fingerprint density at radius 3 is 2.18 bits per heavy atom. The summed E-state index contributed by atoms with van der Waals surface area (Å²) >= 11 is 6.11. The third-order valence-corrected chi connectivity index (χ3v) is 5.26. The molecule has 2 heterocycles. The quantitative estimate of drug-likeness (QED) is 0.736. The lowest BCUT2D eigenvalue weighted by Gasteiger charge is -2.37. The summed E-state index contributed by atoms with van der Waals surface area (Å²) in [6, 6.07) is 21.3. The SMILES string of the molecule is N#Cc1ccc(-c2ccc(N3CCN(c4cccc(Cl)c4)CC3)cc2)[nH]c1=O.